The Kier molecular flexibility index (Phi) is 7.08. The third kappa shape index (κ3) is 4.51. The number of nitrogens with one attached hydrogen (secondary N) is 1. The van der Waals surface area contributed by atoms with Crippen molar-refractivity contribution in [3.63, 3.8) is 0 Å². The Morgan fingerprint density at radius 1 is 1.03 bits per heavy atom. The van der Waals surface area contributed by atoms with Crippen LogP contribution in [-0.2, 0) is 9.59 Å². The number of hydrogen-bond donors (Lipinski definition) is 1. The lowest BCUT2D eigenvalue weighted by molar-refractivity contribution is -0.126. The first-order valence-corrected chi connectivity index (χ1v) is 11.7. The second kappa shape index (κ2) is 9.98. The number of carbonyl (C=O) groups excluding carboxylic acids is 2. The number of carbonyl (C=O) groups is 2. The zero-order chi connectivity index (χ0) is 22.7. The molecule has 176 valence electrons. The minimum absolute atomic E-state index is 0.0266. The quantitative estimate of drug-likeness (QED) is 0.695. The van der Waals surface area contributed by atoms with Crippen molar-refractivity contribution in [1.29, 1.82) is 0 Å². The average Bonchev–Trinajstić information content (AvgIpc) is 3.23. The number of anilines is 1. The van der Waals surface area contributed by atoms with E-state index in [1.54, 1.807) is 38.4 Å². The van der Waals surface area contributed by atoms with Crippen LogP contribution in [0.25, 0.3) is 0 Å². The summed E-state index contributed by atoms with van der Waals surface area (Å²) in [7, 11) is 4.63. The van der Waals surface area contributed by atoms with Gasteiger partial charge in [0, 0.05) is 37.7 Å². The van der Waals surface area contributed by atoms with E-state index in [1.165, 1.54) is 45.2 Å². The van der Waals surface area contributed by atoms with E-state index in [0.29, 0.717) is 48.0 Å². The van der Waals surface area contributed by atoms with Gasteiger partial charge >= 0.3 is 0 Å². The van der Waals surface area contributed by atoms with E-state index in [9.17, 15) is 9.59 Å². The van der Waals surface area contributed by atoms with Gasteiger partial charge in [0.15, 0.2) is 11.5 Å². The van der Waals surface area contributed by atoms with Crippen LogP contribution < -0.4 is 24.4 Å². The first kappa shape index (κ1) is 22.7. The Balaban J connectivity index is 1.39. The standard InChI is InChI=1S/C24H35N3O5/c1-30-20-12-18(13-21(31-2)23(20)32-3)27-15-17(11-22(27)28)24(29)25-14-16-7-6-10-26-9-5-4-8-19(16)26/h12-13,16-17,19H,4-11,14-15H2,1-3H3,(H,25,29)/t16-,17+,19+/m0/s1. The molecule has 3 aliphatic rings. The highest BCUT2D eigenvalue weighted by molar-refractivity contribution is 6.00. The maximum absolute atomic E-state index is 12.9. The van der Waals surface area contributed by atoms with E-state index >= 15 is 0 Å². The fraction of sp³-hybridized carbons (Fsp3) is 0.667. The Labute approximate surface area is 190 Å². The van der Waals surface area contributed by atoms with Crippen molar-refractivity contribution in [1.82, 2.24) is 10.2 Å². The average molecular weight is 446 g/mol. The molecule has 3 fully saturated rings. The molecule has 8 heteroatoms. The summed E-state index contributed by atoms with van der Waals surface area (Å²) in [6.07, 6.45) is 6.39. The predicted molar refractivity (Wildman–Crippen MR) is 122 cm³/mol. The Hall–Kier alpha value is -2.48. The summed E-state index contributed by atoms with van der Waals surface area (Å²) in [5.74, 6) is 1.50. The van der Waals surface area contributed by atoms with Gasteiger partial charge in [-0.3, -0.25) is 9.59 Å². The van der Waals surface area contributed by atoms with Gasteiger partial charge in [0.1, 0.15) is 0 Å². The second-order valence-electron chi connectivity index (χ2n) is 9.04. The fourth-order valence-electron chi connectivity index (χ4n) is 5.55. The molecule has 0 aromatic heterocycles. The zero-order valence-electron chi connectivity index (χ0n) is 19.4. The Morgan fingerprint density at radius 2 is 1.75 bits per heavy atom. The molecule has 1 aromatic rings. The van der Waals surface area contributed by atoms with Crippen molar-refractivity contribution in [3.8, 4) is 17.2 Å². The molecule has 0 radical (unpaired) electrons. The van der Waals surface area contributed by atoms with Crippen LogP contribution in [0.15, 0.2) is 12.1 Å². The van der Waals surface area contributed by atoms with Crippen LogP contribution in [0.3, 0.4) is 0 Å². The number of benzene rings is 1. The third-order valence-electron chi connectivity index (χ3n) is 7.22. The molecular formula is C24H35N3O5. The van der Waals surface area contributed by atoms with Crippen LogP contribution in [0.2, 0.25) is 0 Å². The number of piperidine rings is 2. The van der Waals surface area contributed by atoms with E-state index in [4.69, 9.17) is 14.2 Å². The molecule has 3 saturated heterocycles. The van der Waals surface area contributed by atoms with Gasteiger partial charge in [0.25, 0.3) is 0 Å². The smallest absolute Gasteiger partial charge is 0.227 e. The molecule has 8 nitrogen and oxygen atoms in total. The molecule has 0 unspecified atom stereocenters. The van der Waals surface area contributed by atoms with Gasteiger partial charge in [-0.2, -0.15) is 0 Å². The Bertz CT molecular complexity index is 818. The van der Waals surface area contributed by atoms with Crippen LogP contribution in [0.4, 0.5) is 5.69 Å². The highest BCUT2D eigenvalue weighted by atomic mass is 16.5. The van der Waals surface area contributed by atoms with Gasteiger partial charge in [0.05, 0.1) is 32.9 Å². The maximum atomic E-state index is 12.9. The summed E-state index contributed by atoms with van der Waals surface area (Å²) in [4.78, 5) is 30.0. The van der Waals surface area contributed by atoms with Gasteiger partial charge in [-0.1, -0.05) is 6.42 Å². The molecule has 4 rings (SSSR count). The molecule has 32 heavy (non-hydrogen) atoms. The van der Waals surface area contributed by atoms with E-state index in [0.717, 1.165) is 0 Å². The summed E-state index contributed by atoms with van der Waals surface area (Å²) in [6, 6.07) is 4.09. The van der Waals surface area contributed by atoms with Crippen molar-refractivity contribution >= 4 is 17.5 Å². The molecular weight excluding hydrogens is 410 g/mol. The molecule has 0 saturated carbocycles. The highest BCUT2D eigenvalue weighted by Gasteiger charge is 2.37. The number of methoxy groups -OCH3 is 3. The maximum Gasteiger partial charge on any atom is 0.227 e. The zero-order valence-corrected chi connectivity index (χ0v) is 19.4. The monoisotopic (exact) mass is 445 g/mol. The van der Waals surface area contributed by atoms with E-state index < -0.39 is 0 Å². The van der Waals surface area contributed by atoms with Crippen molar-refractivity contribution in [2.24, 2.45) is 11.8 Å². The topological polar surface area (TPSA) is 80.3 Å². The lowest BCUT2D eigenvalue weighted by atomic mass is 9.83. The first-order chi connectivity index (χ1) is 15.5. The molecule has 0 spiro atoms. The minimum Gasteiger partial charge on any atom is -0.493 e. The van der Waals surface area contributed by atoms with Gasteiger partial charge < -0.3 is 29.3 Å². The van der Waals surface area contributed by atoms with Gasteiger partial charge in [-0.05, 0) is 44.7 Å². The van der Waals surface area contributed by atoms with Gasteiger partial charge in [0.2, 0.25) is 17.6 Å². The highest BCUT2D eigenvalue weighted by Crippen LogP contribution is 2.42. The molecule has 3 atom stereocenters. The molecule has 0 aliphatic carbocycles. The SMILES string of the molecule is COc1cc(N2C[C@H](C(=O)NC[C@@H]3CCCN4CCCC[C@H]34)CC2=O)cc(OC)c1OC. The van der Waals surface area contributed by atoms with Crippen LogP contribution in [0.1, 0.15) is 38.5 Å². The number of rotatable bonds is 7. The summed E-state index contributed by atoms with van der Waals surface area (Å²) in [5, 5.41) is 3.17. The van der Waals surface area contributed by atoms with E-state index in [1.807, 2.05) is 0 Å². The number of hydrogen-bond acceptors (Lipinski definition) is 6. The summed E-state index contributed by atoms with van der Waals surface area (Å²) >= 11 is 0. The molecule has 1 aromatic carbocycles. The molecule has 2 amide bonds. The van der Waals surface area contributed by atoms with Crippen molar-refractivity contribution < 1.29 is 23.8 Å². The second-order valence-corrected chi connectivity index (χ2v) is 9.04. The predicted octanol–water partition coefficient (Wildman–Crippen LogP) is 2.45. The Morgan fingerprint density at radius 3 is 2.44 bits per heavy atom. The summed E-state index contributed by atoms with van der Waals surface area (Å²) < 4.78 is 16.2. The number of nitrogens with zero attached hydrogens (tertiary/aromatic N) is 2. The summed E-state index contributed by atoms with van der Waals surface area (Å²) in [5.41, 5.74) is 0.643. The van der Waals surface area contributed by atoms with Crippen LogP contribution >= 0.6 is 0 Å². The molecule has 3 heterocycles. The van der Waals surface area contributed by atoms with E-state index in [2.05, 4.69) is 10.2 Å². The number of ether oxygens (including phenoxy) is 3. The number of amides is 2. The van der Waals surface area contributed by atoms with E-state index in [-0.39, 0.29) is 24.2 Å². The van der Waals surface area contributed by atoms with Crippen LogP contribution in [0, 0.1) is 11.8 Å². The lowest BCUT2D eigenvalue weighted by Gasteiger charge is -2.44. The third-order valence-corrected chi connectivity index (χ3v) is 7.22. The van der Waals surface area contributed by atoms with Crippen molar-refractivity contribution in [2.75, 3.05) is 52.4 Å². The fourth-order valence-corrected chi connectivity index (χ4v) is 5.55. The van der Waals surface area contributed by atoms with Crippen LogP contribution in [0.5, 0.6) is 17.2 Å². The lowest BCUT2D eigenvalue weighted by Crippen LogP contribution is -2.51. The molecule has 3 aliphatic heterocycles. The largest absolute Gasteiger partial charge is 0.493 e. The first-order valence-electron chi connectivity index (χ1n) is 11.7. The van der Waals surface area contributed by atoms with Gasteiger partial charge in [-0.15, -0.1) is 0 Å². The van der Waals surface area contributed by atoms with Crippen molar-refractivity contribution in [3.05, 3.63) is 12.1 Å². The number of fused-ring (bicyclic) bond motifs is 1. The van der Waals surface area contributed by atoms with Crippen molar-refractivity contribution in [2.45, 2.75) is 44.6 Å². The summed E-state index contributed by atoms with van der Waals surface area (Å²) in [6.45, 7) is 3.43. The normalized spacial score (nSPS) is 25.9. The molecule has 1 N–H and O–H groups in total. The minimum atomic E-state index is -0.354. The molecule has 0 bridgehead atoms. The van der Waals surface area contributed by atoms with Gasteiger partial charge in [-0.25, -0.2) is 0 Å². The van der Waals surface area contributed by atoms with Crippen LogP contribution in [-0.4, -0.2) is 70.3 Å².